The minimum absolute atomic E-state index is 0.0434. The summed E-state index contributed by atoms with van der Waals surface area (Å²) in [5, 5.41) is 10.3. The second-order valence-electron chi connectivity index (χ2n) is 5.71. The van der Waals surface area contributed by atoms with Crippen LogP contribution in [0.5, 0.6) is 0 Å². The Hall–Kier alpha value is -3.03. The molecule has 1 aromatic heterocycles. The van der Waals surface area contributed by atoms with Crippen LogP contribution in [0, 0.1) is 0 Å². The lowest BCUT2D eigenvalue weighted by molar-refractivity contribution is -0.121. The molecule has 8 heteroatoms. The highest BCUT2D eigenvalue weighted by Crippen LogP contribution is 2.21. The van der Waals surface area contributed by atoms with E-state index in [9.17, 15) is 14.4 Å². The number of amides is 3. The van der Waals surface area contributed by atoms with Gasteiger partial charge in [-0.15, -0.1) is 10.2 Å². The number of rotatable bonds is 5. The van der Waals surface area contributed by atoms with Gasteiger partial charge in [0, 0.05) is 5.92 Å². The van der Waals surface area contributed by atoms with Crippen LogP contribution >= 0.6 is 0 Å². The largest absolute Gasteiger partial charge is 0.423 e. The van der Waals surface area contributed by atoms with E-state index in [4.69, 9.17) is 4.42 Å². The average molecular weight is 328 g/mol. The first-order valence-electron chi connectivity index (χ1n) is 7.51. The van der Waals surface area contributed by atoms with Gasteiger partial charge in [0.25, 0.3) is 11.8 Å². The lowest BCUT2D eigenvalue weighted by atomic mass is 10.1. The first-order chi connectivity index (χ1) is 11.5. The minimum Gasteiger partial charge on any atom is -0.423 e. The predicted molar refractivity (Wildman–Crippen MR) is 82.0 cm³/mol. The van der Waals surface area contributed by atoms with Crippen molar-refractivity contribution in [3.8, 4) is 0 Å². The van der Waals surface area contributed by atoms with E-state index in [1.165, 1.54) is 0 Å². The molecule has 0 atom stereocenters. The van der Waals surface area contributed by atoms with Crippen molar-refractivity contribution in [2.24, 2.45) is 0 Å². The van der Waals surface area contributed by atoms with Crippen LogP contribution < -0.4 is 5.32 Å². The number of carbonyl (C=O) groups is 3. The summed E-state index contributed by atoms with van der Waals surface area (Å²) in [6.45, 7) is 3.52. The molecule has 2 heterocycles. The molecule has 0 bridgehead atoms. The van der Waals surface area contributed by atoms with Crippen LogP contribution in [0.1, 0.15) is 52.3 Å². The van der Waals surface area contributed by atoms with Crippen molar-refractivity contribution in [2.75, 3.05) is 6.54 Å². The first kappa shape index (κ1) is 15.9. The van der Waals surface area contributed by atoms with E-state index in [1.807, 2.05) is 13.8 Å². The summed E-state index contributed by atoms with van der Waals surface area (Å²) in [4.78, 5) is 37.3. The Kier molecular flexibility index (Phi) is 4.11. The molecule has 0 aliphatic carbocycles. The molecule has 0 fully saturated rings. The first-order valence-corrected chi connectivity index (χ1v) is 7.51. The molecular formula is C16H16N4O4. The molecule has 24 heavy (non-hydrogen) atoms. The maximum Gasteiger partial charge on any atom is 0.262 e. The second-order valence-corrected chi connectivity index (χ2v) is 5.71. The number of hydrogen-bond acceptors (Lipinski definition) is 6. The summed E-state index contributed by atoms with van der Waals surface area (Å²) in [7, 11) is 0. The van der Waals surface area contributed by atoms with Crippen LogP contribution in [0.25, 0.3) is 0 Å². The molecular weight excluding hydrogens is 312 g/mol. The van der Waals surface area contributed by atoms with E-state index < -0.39 is 17.7 Å². The molecule has 8 nitrogen and oxygen atoms in total. The van der Waals surface area contributed by atoms with Gasteiger partial charge in [-0.2, -0.15) is 0 Å². The molecule has 0 unspecified atom stereocenters. The van der Waals surface area contributed by atoms with Crippen molar-refractivity contribution in [3.05, 3.63) is 47.2 Å². The molecule has 1 N–H and O–H groups in total. The standard InChI is InChI=1S/C16H16N4O4/c1-9(2)14-19-18-13(24-14)7-17-12(21)8-20-15(22)10-5-3-4-6-11(10)16(20)23/h3-6,9H,7-8H2,1-2H3,(H,17,21). The van der Waals surface area contributed by atoms with Crippen LogP contribution in [-0.2, 0) is 11.3 Å². The number of nitrogens with zero attached hydrogens (tertiary/aromatic N) is 3. The van der Waals surface area contributed by atoms with E-state index in [1.54, 1.807) is 24.3 Å². The molecule has 0 saturated heterocycles. The number of aromatic nitrogens is 2. The fraction of sp³-hybridized carbons (Fsp3) is 0.312. The topological polar surface area (TPSA) is 105 Å². The Bertz CT molecular complexity index is 777. The molecule has 1 aliphatic heterocycles. The van der Waals surface area contributed by atoms with Crippen LogP contribution in [0.3, 0.4) is 0 Å². The Labute approximate surface area is 137 Å². The van der Waals surface area contributed by atoms with Crippen LogP contribution in [0.2, 0.25) is 0 Å². The third kappa shape index (κ3) is 2.90. The van der Waals surface area contributed by atoms with Crippen molar-refractivity contribution < 1.29 is 18.8 Å². The molecule has 0 saturated carbocycles. The quantitative estimate of drug-likeness (QED) is 0.824. The molecule has 0 radical (unpaired) electrons. The van der Waals surface area contributed by atoms with Gasteiger partial charge in [-0.25, -0.2) is 0 Å². The lowest BCUT2D eigenvalue weighted by Gasteiger charge is -2.12. The number of fused-ring (bicyclic) bond motifs is 1. The van der Waals surface area contributed by atoms with Gasteiger partial charge in [0.15, 0.2) is 0 Å². The van der Waals surface area contributed by atoms with Gasteiger partial charge in [0.2, 0.25) is 17.7 Å². The summed E-state index contributed by atoms with van der Waals surface area (Å²) in [5.41, 5.74) is 0.627. The zero-order chi connectivity index (χ0) is 17.3. The predicted octanol–water partition coefficient (Wildman–Crippen LogP) is 1.11. The van der Waals surface area contributed by atoms with E-state index >= 15 is 0 Å². The van der Waals surface area contributed by atoms with Gasteiger partial charge in [0.1, 0.15) is 6.54 Å². The maximum atomic E-state index is 12.2. The third-order valence-electron chi connectivity index (χ3n) is 3.59. The highest BCUT2D eigenvalue weighted by molar-refractivity contribution is 6.22. The minimum atomic E-state index is -0.478. The van der Waals surface area contributed by atoms with Gasteiger partial charge >= 0.3 is 0 Å². The van der Waals surface area contributed by atoms with Gasteiger partial charge in [0.05, 0.1) is 17.7 Å². The fourth-order valence-corrected chi connectivity index (χ4v) is 2.33. The Balaban J connectivity index is 1.59. The van der Waals surface area contributed by atoms with Crippen LogP contribution in [0.15, 0.2) is 28.7 Å². The van der Waals surface area contributed by atoms with E-state index in [-0.39, 0.29) is 24.9 Å². The number of imide groups is 1. The van der Waals surface area contributed by atoms with Crippen molar-refractivity contribution in [2.45, 2.75) is 26.3 Å². The van der Waals surface area contributed by atoms with E-state index in [0.717, 1.165) is 4.90 Å². The average Bonchev–Trinajstić information content (AvgIpc) is 3.13. The number of benzene rings is 1. The van der Waals surface area contributed by atoms with Crippen molar-refractivity contribution in [3.63, 3.8) is 0 Å². The highest BCUT2D eigenvalue weighted by atomic mass is 16.4. The molecule has 3 rings (SSSR count). The van der Waals surface area contributed by atoms with E-state index in [0.29, 0.717) is 17.0 Å². The molecule has 1 aromatic carbocycles. The highest BCUT2D eigenvalue weighted by Gasteiger charge is 2.36. The van der Waals surface area contributed by atoms with E-state index in [2.05, 4.69) is 15.5 Å². The van der Waals surface area contributed by atoms with Crippen molar-refractivity contribution >= 4 is 17.7 Å². The molecule has 3 amide bonds. The third-order valence-corrected chi connectivity index (χ3v) is 3.59. The smallest absolute Gasteiger partial charge is 0.262 e. The van der Waals surface area contributed by atoms with Gasteiger partial charge in [-0.1, -0.05) is 26.0 Å². The van der Waals surface area contributed by atoms with Crippen molar-refractivity contribution in [1.82, 2.24) is 20.4 Å². The van der Waals surface area contributed by atoms with Crippen LogP contribution in [-0.4, -0.2) is 39.4 Å². The van der Waals surface area contributed by atoms with Gasteiger partial charge in [-0.05, 0) is 12.1 Å². The van der Waals surface area contributed by atoms with Gasteiger partial charge in [-0.3, -0.25) is 19.3 Å². The lowest BCUT2D eigenvalue weighted by Crippen LogP contribution is -2.40. The Morgan fingerprint density at radius 2 is 1.79 bits per heavy atom. The number of carbonyl (C=O) groups excluding carboxylic acids is 3. The normalized spacial score (nSPS) is 13.5. The fourth-order valence-electron chi connectivity index (χ4n) is 2.33. The summed E-state index contributed by atoms with van der Waals surface area (Å²) in [6.07, 6.45) is 0. The zero-order valence-electron chi connectivity index (χ0n) is 13.3. The summed E-state index contributed by atoms with van der Waals surface area (Å²) < 4.78 is 5.37. The zero-order valence-corrected chi connectivity index (χ0v) is 13.3. The summed E-state index contributed by atoms with van der Waals surface area (Å²) in [6, 6.07) is 6.49. The second kappa shape index (κ2) is 6.23. The molecule has 1 aliphatic rings. The molecule has 2 aromatic rings. The molecule has 124 valence electrons. The Morgan fingerprint density at radius 3 is 2.33 bits per heavy atom. The number of nitrogens with one attached hydrogen (secondary N) is 1. The summed E-state index contributed by atoms with van der Waals surface area (Å²) in [5.74, 6) is -0.556. The van der Waals surface area contributed by atoms with Gasteiger partial charge < -0.3 is 9.73 Å². The summed E-state index contributed by atoms with van der Waals surface area (Å²) >= 11 is 0. The van der Waals surface area contributed by atoms with Crippen molar-refractivity contribution in [1.29, 1.82) is 0 Å². The number of hydrogen-bond donors (Lipinski definition) is 1. The Morgan fingerprint density at radius 1 is 1.17 bits per heavy atom. The maximum absolute atomic E-state index is 12.2. The SMILES string of the molecule is CC(C)c1nnc(CNC(=O)CN2C(=O)c3ccccc3C2=O)o1. The molecule has 0 spiro atoms. The monoisotopic (exact) mass is 328 g/mol. The van der Waals surface area contributed by atoms with Crippen LogP contribution in [0.4, 0.5) is 0 Å².